The first-order valence-electron chi connectivity index (χ1n) is 6.74. The van der Waals surface area contributed by atoms with Gasteiger partial charge in [0.25, 0.3) is 5.91 Å². The Labute approximate surface area is 132 Å². The number of nitrogens with one attached hydrogen (secondary N) is 1. The van der Waals surface area contributed by atoms with Crippen LogP contribution in [0.5, 0.6) is 0 Å². The number of carboxylic acid groups (broad SMARTS) is 1. The second-order valence-electron chi connectivity index (χ2n) is 5.55. The van der Waals surface area contributed by atoms with E-state index < -0.39 is 11.5 Å². The first-order valence-corrected chi connectivity index (χ1v) is 7.82. The number of carbonyl (C=O) groups is 2. The Morgan fingerprint density at radius 3 is 2.80 bits per heavy atom. The lowest BCUT2D eigenvalue weighted by molar-refractivity contribution is -0.146. The zero-order valence-electron chi connectivity index (χ0n) is 11.4. The fourth-order valence-corrected chi connectivity index (χ4v) is 3.37. The van der Waals surface area contributed by atoms with Crippen LogP contribution in [0.3, 0.4) is 0 Å². The van der Waals surface area contributed by atoms with Crippen LogP contribution in [0.25, 0.3) is 0 Å². The smallest absolute Gasteiger partial charge is 0.329 e. The van der Waals surface area contributed by atoms with E-state index >= 15 is 0 Å². The third-order valence-corrected chi connectivity index (χ3v) is 4.52. The molecule has 1 fully saturated rings. The number of hydrogen-bond donors (Lipinski definition) is 2. The molecule has 1 aliphatic rings. The van der Waals surface area contributed by atoms with Gasteiger partial charge in [0.2, 0.25) is 0 Å². The molecular weight excluding hydrogens is 369 g/mol. The Morgan fingerprint density at radius 1 is 1.45 bits per heavy atom. The van der Waals surface area contributed by atoms with Crippen molar-refractivity contribution in [1.29, 1.82) is 0 Å². The van der Waals surface area contributed by atoms with Crippen molar-refractivity contribution in [2.45, 2.75) is 38.1 Å². The average Bonchev–Trinajstić information content (AvgIpc) is 2.38. The van der Waals surface area contributed by atoms with Gasteiger partial charge in [0.1, 0.15) is 5.54 Å². The van der Waals surface area contributed by atoms with E-state index in [1.807, 2.05) is 13.0 Å². The number of rotatable bonds is 3. The van der Waals surface area contributed by atoms with Gasteiger partial charge in [-0.05, 0) is 59.5 Å². The van der Waals surface area contributed by atoms with Crippen LogP contribution in [0.2, 0.25) is 0 Å². The third kappa shape index (κ3) is 3.31. The zero-order chi connectivity index (χ0) is 14.8. The summed E-state index contributed by atoms with van der Waals surface area (Å²) in [7, 11) is 0. The van der Waals surface area contributed by atoms with Crippen LogP contribution in [0.4, 0.5) is 0 Å². The highest BCUT2D eigenvalue weighted by molar-refractivity contribution is 14.1. The van der Waals surface area contributed by atoms with Crippen molar-refractivity contribution in [1.82, 2.24) is 5.32 Å². The Balaban J connectivity index is 2.20. The molecule has 2 unspecified atom stereocenters. The Kier molecular flexibility index (Phi) is 4.67. The van der Waals surface area contributed by atoms with Crippen molar-refractivity contribution >= 4 is 34.5 Å². The quantitative estimate of drug-likeness (QED) is 0.784. The highest BCUT2D eigenvalue weighted by atomic mass is 127. The van der Waals surface area contributed by atoms with E-state index in [-0.39, 0.29) is 5.91 Å². The molecule has 4 nitrogen and oxygen atoms in total. The van der Waals surface area contributed by atoms with Crippen LogP contribution < -0.4 is 5.32 Å². The third-order valence-electron chi connectivity index (χ3n) is 3.85. The number of hydrogen-bond acceptors (Lipinski definition) is 2. The number of amides is 1. The summed E-state index contributed by atoms with van der Waals surface area (Å²) in [6.45, 7) is 2.04. The molecule has 0 radical (unpaired) electrons. The number of aliphatic carboxylic acids is 1. The van der Waals surface area contributed by atoms with Crippen LogP contribution in [-0.4, -0.2) is 22.5 Å². The maximum atomic E-state index is 12.3. The molecule has 108 valence electrons. The van der Waals surface area contributed by atoms with Gasteiger partial charge >= 0.3 is 5.97 Å². The van der Waals surface area contributed by atoms with Gasteiger partial charge in [0, 0.05) is 9.13 Å². The number of halogens is 1. The van der Waals surface area contributed by atoms with E-state index in [2.05, 4.69) is 27.9 Å². The molecule has 1 amide bonds. The van der Waals surface area contributed by atoms with E-state index in [1.54, 1.807) is 18.2 Å². The largest absolute Gasteiger partial charge is 0.480 e. The fraction of sp³-hybridized carbons (Fsp3) is 0.467. The van der Waals surface area contributed by atoms with Crippen molar-refractivity contribution in [3.8, 4) is 0 Å². The molecule has 1 aromatic rings. The monoisotopic (exact) mass is 387 g/mol. The maximum Gasteiger partial charge on any atom is 0.329 e. The molecule has 0 saturated heterocycles. The lowest BCUT2D eigenvalue weighted by atomic mass is 9.76. The summed E-state index contributed by atoms with van der Waals surface area (Å²) >= 11 is 2.13. The summed E-state index contributed by atoms with van der Waals surface area (Å²) in [6.07, 6.45) is 2.86. The van der Waals surface area contributed by atoms with Crippen molar-refractivity contribution in [3.05, 3.63) is 33.4 Å². The summed E-state index contributed by atoms with van der Waals surface area (Å²) in [4.78, 5) is 23.9. The minimum Gasteiger partial charge on any atom is -0.480 e. The minimum absolute atomic E-state index is 0.306. The summed E-state index contributed by atoms with van der Waals surface area (Å²) in [5, 5.41) is 12.3. The van der Waals surface area contributed by atoms with Crippen molar-refractivity contribution in [2.75, 3.05) is 0 Å². The molecule has 5 heteroatoms. The predicted octanol–water partition coefficient (Wildman–Crippen LogP) is 3.05. The molecule has 0 spiro atoms. The highest BCUT2D eigenvalue weighted by Gasteiger charge is 2.43. The predicted molar refractivity (Wildman–Crippen MR) is 84.6 cm³/mol. The Bertz CT molecular complexity index is 532. The van der Waals surface area contributed by atoms with Gasteiger partial charge in [-0.3, -0.25) is 4.79 Å². The summed E-state index contributed by atoms with van der Waals surface area (Å²) < 4.78 is 0.955. The van der Waals surface area contributed by atoms with Gasteiger partial charge in [-0.15, -0.1) is 0 Å². The molecule has 2 N–H and O–H groups in total. The SMILES string of the molecule is CC1CCCC(NC(=O)c2cccc(I)c2)(C(=O)O)C1. The number of benzene rings is 1. The molecule has 0 aromatic heterocycles. The molecule has 0 aliphatic heterocycles. The molecule has 1 aliphatic carbocycles. The van der Waals surface area contributed by atoms with Crippen molar-refractivity contribution in [2.24, 2.45) is 5.92 Å². The van der Waals surface area contributed by atoms with Gasteiger partial charge in [0.05, 0.1) is 0 Å². The molecule has 20 heavy (non-hydrogen) atoms. The summed E-state index contributed by atoms with van der Waals surface area (Å²) in [5.41, 5.74) is -0.605. The van der Waals surface area contributed by atoms with Gasteiger partial charge < -0.3 is 10.4 Å². The topological polar surface area (TPSA) is 66.4 Å². The van der Waals surface area contributed by atoms with Gasteiger partial charge in [-0.25, -0.2) is 4.79 Å². The molecule has 1 aromatic carbocycles. The molecule has 1 saturated carbocycles. The molecule has 0 bridgehead atoms. The van der Waals surface area contributed by atoms with Gasteiger partial charge in [0.15, 0.2) is 0 Å². The number of carbonyl (C=O) groups excluding carboxylic acids is 1. The van der Waals surface area contributed by atoms with E-state index in [0.29, 0.717) is 24.3 Å². The summed E-state index contributed by atoms with van der Waals surface area (Å²) in [6, 6.07) is 7.16. The van der Waals surface area contributed by atoms with Gasteiger partial charge in [-0.2, -0.15) is 0 Å². The number of carboxylic acids is 1. The minimum atomic E-state index is -1.12. The lowest BCUT2D eigenvalue weighted by Gasteiger charge is -2.37. The second-order valence-corrected chi connectivity index (χ2v) is 6.80. The lowest BCUT2D eigenvalue weighted by Crippen LogP contribution is -2.56. The summed E-state index contributed by atoms with van der Waals surface area (Å²) in [5.74, 6) is -0.917. The Hall–Kier alpha value is -1.11. The fourth-order valence-electron chi connectivity index (χ4n) is 2.83. The van der Waals surface area contributed by atoms with E-state index in [1.165, 1.54) is 0 Å². The molecule has 2 rings (SSSR count). The van der Waals surface area contributed by atoms with Crippen LogP contribution in [0.1, 0.15) is 43.0 Å². The van der Waals surface area contributed by atoms with Crippen LogP contribution >= 0.6 is 22.6 Å². The first-order chi connectivity index (χ1) is 9.43. The molecular formula is C15H18INO3. The molecule has 2 atom stereocenters. The van der Waals surface area contributed by atoms with E-state index in [4.69, 9.17) is 0 Å². The highest BCUT2D eigenvalue weighted by Crippen LogP contribution is 2.32. The van der Waals surface area contributed by atoms with Crippen LogP contribution in [0.15, 0.2) is 24.3 Å². The maximum absolute atomic E-state index is 12.3. The van der Waals surface area contributed by atoms with Crippen molar-refractivity contribution in [3.63, 3.8) is 0 Å². The normalized spacial score (nSPS) is 26.0. The first kappa shape index (κ1) is 15.3. The van der Waals surface area contributed by atoms with E-state index in [9.17, 15) is 14.7 Å². The average molecular weight is 387 g/mol. The standard InChI is InChI=1S/C15H18INO3/c1-10-4-3-7-15(9-10,14(19)20)17-13(18)11-5-2-6-12(16)8-11/h2,5-6,8,10H,3-4,7,9H2,1H3,(H,17,18)(H,19,20). The zero-order valence-corrected chi connectivity index (χ0v) is 13.5. The van der Waals surface area contributed by atoms with E-state index in [0.717, 1.165) is 16.4 Å². The van der Waals surface area contributed by atoms with Gasteiger partial charge in [-0.1, -0.05) is 25.8 Å². The second kappa shape index (κ2) is 6.11. The Morgan fingerprint density at radius 2 is 2.20 bits per heavy atom. The van der Waals surface area contributed by atoms with Crippen LogP contribution in [-0.2, 0) is 4.79 Å². The molecule has 0 heterocycles. The van der Waals surface area contributed by atoms with Crippen molar-refractivity contribution < 1.29 is 14.7 Å². The van der Waals surface area contributed by atoms with Crippen LogP contribution in [0, 0.1) is 9.49 Å².